The number of H-pyrrole nitrogens is 1. The second-order valence-electron chi connectivity index (χ2n) is 4.66. The van der Waals surface area contributed by atoms with Crippen molar-refractivity contribution < 1.29 is 9.84 Å². The third-order valence-corrected chi connectivity index (χ3v) is 2.92. The van der Waals surface area contributed by atoms with Gasteiger partial charge in [0.2, 0.25) is 5.95 Å². The number of aromatic amines is 1. The molecule has 7 nitrogen and oxygen atoms in total. The predicted octanol–water partition coefficient (Wildman–Crippen LogP) is -0.0512. The van der Waals surface area contributed by atoms with E-state index in [0.717, 1.165) is 0 Å². The van der Waals surface area contributed by atoms with Gasteiger partial charge in [-0.05, 0) is 18.2 Å². The van der Waals surface area contributed by atoms with Crippen LogP contribution in [-0.2, 0) is 4.74 Å². The molecule has 0 aliphatic heterocycles. The molecule has 0 saturated carbocycles. The second kappa shape index (κ2) is 5.89. The first-order valence-electron chi connectivity index (χ1n) is 6.19. The Morgan fingerprint density at radius 2 is 2.30 bits per heavy atom. The van der Waals surface area contributed by atoms with Crippen molar-refractivity contribution in [3.05, 3.63) is 28.6 Å². The number of nitrogens with zero attached hydrogens (tertiary/aromatic N) is 2. The first-order chi connectivity index (χ1) is 9.51. The summed E-state index contributed by atoms with van der Waals surface area (Å²) in [5.74, 6) is 0.391. The number of nitrogen functional groups attached to an aromatic ring is 1. The summed E-state index contributed by atoms with van der Waals surface area (Å²) in [6.45, 7) is 0.524. The van der Waals surface area contributed by atoms with Gasteiger partial charge in [-0.25, -0.2) is 4.98 Å². The number of aliphatic hydroxyl groups is 1. The number of ether oxygens (including phenoxy) is 1. The summed E-state index contributed by atoms with van der Waals surface area (Å²) in [5, 5.41) is 10.1. The van der Waals surface area contributed by atoms with Crippen molar-refractivity contribution in [1.82, 2.24) is 9.97 Å². The zero-order chi connectivity index (χ0) is 14.7. The zero-order valence-electron chi connectivity index (χ0n) is 11.5. The van der Waals surface area contributed by atoms with Crippen molar-refractivity contribution in [3.63, 3.8) is 0 Å². The number of aliphatic hydroxyl groups excluding tert-OH is 1. The van der Waals surface area contributed by atoms with Crippen molar-refractivity contribution >= 4 is 22.5 Å². The molecule has 0 amide bonds. The molecule has 1 atom stereocenters. The number of likely N-dealkylation sites (N-methyl/N-ethyl adjacent to an activating group) is 1. The zero-order valence-corrected chi connectivity index (χ0v) is 11.5. The number of anilines is 2. The molecule has 4 N–H and O–H groups in total. The van der Waals surface area contributed by atoms with Crippen LogP contribution in [0.4, 0.5) is 11.6 Å². The number of nitrogens with two attached hydrogens (primary N) is 1. The third-order valence-electron chi connectivity index (χ3n) is 2.92. The molecule has 108 valence electrons. The second-order valence-corrected chi connectivity index (χ2v) is 4.66. The Morgan fingerprint density at radius 3 is 3.00 bits per heavy atom. The Morgan fingerprint density at radius 1 is 1.55 bits per heavy atom. The largest absolute Gasteiger partial charge is 0.399 e. The van der Waals surface area contributed by atoms with E-state index < -0.39 is 6.10 Å². The molecular formula is C13H18N4O3. The van der Waals surface area contributed by atoms with Crippen LogP contribution in [0.3, 0.4) is 0 Å². The van der Waals surface area contributed by atoms with E-state index in [1.807, 2.05) is 0 Å². The molecule has 0 fully saturated rings. The molecule has 7 heteroatoms. The van der Waals surface area contributed by atoms with Gasteiger partial charge in [-0.3, -0.25) is 9.78 Å². The number of hydrogen-bond acceptors (Lipinski definition) is 6. The first kappa shape index (κ1) is 14.3. The molecule has 1 aromatic heterocycles. The summed E-state index contributed by atoms with van der Waals surface area (Å²) in [6.07, 6.45) is -0.655. The van der Waals surface area contributed by atoms with E-state index >= 15 is 0 Å². The quantitative estimate of drug-likeness (QED) is 0.662. The van der Waals surface area contributed by atoms with Crippen LogP contribution in [0.1, 0.15) is 0 Å². The smallest absolute Gasteiger partial charge is 0.260 e. The molecule has 0 radical (unpaired) electrons. The first-order valence-corrected chi connectivity index (χ1v) is 6.19. The van der Waals surface area contributed by atoms with Crippen LogP contribution in [0.2, 0.25) is 0 Å². The topological polar surface area (TPSA) is 104 Å². The normalized spacial score (nSPS) is 12.6. The van der Waals surface area contributed by atoms with Gasteiger partial charge in [0.15, 0.2) is 0 Å². The molecule has 20 heavy (non-hydrogen) atoms. The lowest BCUT2D eigenvalue weighted by Gasteiger charge is -2.21. The highest BCUT2D eigenvalue weighted by atomic mass is 16.5. The van der Waals surface area contributed by atoms with E-state index in [1.165, 1.54) is 7.11 Å². The van der Waals surface area contributed by atoms with Gasteiger partial charge >= 0.3 is 0 Å². The van der Waals surface area contributed by atoms with E-state index in [1.54, 1.807) is 30.1 Å². The highest BCUT2D eigenvalue weighted by molar-refractivity contribution is 5.81. The number of rotatable bonds is 5. The van der Waals surface area contributed by atoms with E-state index in [2.05, 4.69) is 9.97 Å². The minimum Gasteiger partial charge on any atom is -0.399 e. The van der Waals surface area contributed by atoms with Crippen molar-refractivity contribution in [3.8, 4) is 0 Å². The van der Waals surface area contributed by atoms with Crippen LogP contribution in [0.15, 0.2) is 23.0 Å². The SMILES string of the molecule is COCC(O)CN(C)c1nc2ccc(N)cc2c(=O)[nH]1. The minimum atomic E-state index is -0.655. The monoisotopic (exact) mass is 278 g/mol. The van der Waals surface area contributed by atoms with E-state index in [9.17, 15) is 9.90 Å². The number of methoxy groups -OCH3 is 1. The summed E-state index contributed by atoms with van der Waals surface area (Å²) in [7, 11) is 3.25. The van der Waals surface area contributed by atoms with Gasteiger partial charge in [-0.2, -0.15) is 0 Å². The van der Waals surface area contributed by atoms with E-state index in [-0.39, 0.29) is 12.2 Å². The molecule has 0 aliphatic carbocycles. The summed E-state index contributed by atoms with van der Waals surface area (Å²) in [4.78, 5) is 20.7. The van der Waals surface area contributed by atoms with Crippen LogP contribution in [0.25, 0.3) is 10.9 Å². The van der Waals surface area contributed by atoms with E-state index in [0.29, 0.717) is 29.1 Å². The maximum atomic E-state index is 12.0. The molecule has 1 unspecified atom stereocenters. The molecule has 2 rings (SSSR count). The Balaban J connectivity index is 2.31. The summed E-state index contributed by atoms with van der Waals surface area (Å²) in [6, 6.07) is 4.98. The van der Waals surface area contributed by atoms with Gasteiger partial charge in [-0.15, -0.1) is 0 Å². The minimum absolute atomic E-state index is 0.221. The molecule has 1 heterocycles. The standard InChI is InChI=1S/C13H18N4O3/c1-17(6-9(18)7-20-2)13-15-11-4-3-8(14)5-10(11)12(19)16-13/h3-5,9,18H,6-7,14H2,1-2H3,(H,15,16,19). The maximum absolute atomic E-state index is 12.0. The highest BCUT2D eigenvalue weighted by Crippen LogP contribution is 2.14. The Labute approximate surface area is 116 Å². The number of aromatic nitrogens is 2. The van der Waals surface area contributed by atoms with E-state index in [4.69, 9.17) is 10.5 Å². The van der Waals surface area contributed by atoms with Crippen LogP contribution in [0, 0.1) is 0 Å². The van der Waals surface area contributed by atoms with Crippen molar-refractivity contribution in [2.45, 2.75) is 6.10 Å². The van der Waals surface area contributed by atoms with Gasteiger partial charge < -0.3 is 20.5 Å². The maximum Gasteiger partial charge on any atom is 0.260 e. The van der Waals surface area contributed by atoms with Crippen molar-refractivity contribution in [1.29, 1.82) is 0 Å². The molecule has 0 spiro atoms. The number of fused-ring (bicyclic) bond motifs is 1. The predicted molar refractivity (Wildman–Crippen MR) is 77.9 cm³/mol. The lowest BCUT2D eigenvalue weighted by Crippen LogP contribution is -2.33. The lowest BCUT2D eigenvalue weighted by atomic mass is 10.2. The number of hydrogen-bond donors (Lipinski definition) is 3. The van der Waals surface area contributed by atoms with Crippen molar-refractivity contribution in [2.24, 2.45) is 0 Å². The van der Waals surface area contributed by atoms with Crippen LogP contribution in [0.5, 0.6) is 0 Å². The number of benzene rings is 1. The molecular weight excluding hydrogens is 260 g/mol. The summed E-state index contributed by atoms with van der Waals surface area (Å²) in [5.41, 5.74) is 6.47. The van der Waals surface area contributed by atoms with Gasteiger partial charge in [0.1, 0.15) is 0 Å². The third kappa shape index (κ3) is 3.06. The lowest BCUT2D eigenvalue weighted by molar-refractivity contribution is 0.0693. The molecule has 0 saturated heterocycles. The molecule has 0 aliphatic rings. The van der Waals surface area contributed by atoms with Gasteiger partial charge in [0.05, 0.1) is 23.6 Å². The number of nitrogens with one attached hydrogen (secondary N) is 1. The van der Waals surface area contributed by atoms with Crippen LogP contribution in [-0.4, -0.2) is 48.5 Å². The average molecular weight is 278 g/mol. The van der Waals surface area contributed by atoms with Crippen LogP contribution >= 0.6 is 0 Å². The molecule has 2 aromatic rings. The Hall–Kier alpha value is -2.12. The average Bonchev–Trinajstić information content (AvgIpc) is 2.39. The highest BCUT2D eigenvalue weighted by Gasteiger charge is 2.12. The fourth-order valence-corrected chi connectivity index (χ4v) is 1.97. The summed E-state index contributed by atoms with van der Waals surface area (Å²) >= 11 is 0. The fraction of sp³-hybridized carbons (Fsp3) is 0.385. The Bertz CT molecular complexity index is 656. The fourth-order valence-electron chi connectivity index (χ4n) is 1.97. The molecule has 1 aromatic carbocycles. The van der Waals surface area contributed by atoms with Gasteiger partial charge in [-0.1, -0.05) is 0 Å². The van der Waals surface area contributed by atoms with Gasteiger partial charge in [0, 0.05) is 26.4 Å². The van der Waals surface area contributed by atoms with Crippen molar-refractivity contribution in [2.75, 3.05) is 37.9 Å². The van der Waals surface area contributed by atoms with Crippen LogP contribution < -0.4 is 16.2 Å². The van der Waals surface area contributed by atoms with Gasteiger partial charge in [0.25, 0.3) is 5.56 Å². The Kier molecular flexibility index (Phi) is 4.21. The molecule has 0 bridgehead atoms. The summed E-state index contributed by atoms with van der Waals surface area (Å²) < 4.78 is 4.86.